The first-order valence-electron chi connectivity index (χ1n) is 1.79. The van der Waals surface area contributed by atoms with Gasteiger partial charge in [0.1, 0.15) is 0 Å². The van der Waals surface area contributed by atoms with Crippen LogP contribution in [0.2, 0.25) is 0 Å². The molecule has 0 spiro atoms. The van der Waals surface area contributed by atoms with Gasteiger partial charge in [-0.1, -0.05) is 5.56 Å². The fourth-order valence-electron chi connectivity index (χ4n) is 0.282. The van der Waals surface area contributed by atoms with E-state index in [2.05, 4.69) is 10.2 Å². The van der Waals surface area contributed by atoms with Gasteiger partial charge in [-0.15, -0.1) is 0 Å². The van der Waals surface area contributed by atoms with Crippen molar-refractivity contribution in [3.63, 3.8) is 0 Å². The van der Waals surface area contributed by atoms with Gasteiger partial charge >= 0.3 is 0 Å². The van der Waals surface area contributed by atoms with E-state index in [0.717, 1.165) is 5.56 Å². The molecule has 1 aromatic rings. The highest BCUT2D eigenvalue weighted by Crippen LogP contribution is 1.83. The van der Waals surface area contributed by atoms with Gasteiger partial charge in [0.15, 0.2) is 0 Å². The van der Waals surface area contributed by atoms with Crippen molar-refractivity contribution in [2.75, 3.05) is 0 Å². The molecule has 32 valence electrons. The molecular weight excluding hydrogens is 76.1 g/mol. The van der Waals surface area contributed by atoms with E-state index in [1.54, 1.807) is 12.4 Å². The van der Waals surface area contributed by atoms with Gasteiger partial charge in [-0.25, -0.2) is 0 Å². The topological polar surface area (TPSA) is 27.0 Å². The lowest BCUT2D eigenvalue weighted by atomic mass is 10.4. The van der Waals surface area contributed by atoms with Crippen molar-refractivity contribution in [3.8, 4) is 0 Å². The zero-order valence-corrected chi connectivity index (χ0v) is 3.55. The third-order valence-corrected chi connectivity index (χ3v) is 0.589. The molecule has 0 aliphatic carbocycles. The molecule has 6 heavy (non-hydrogen) atoms. The summed E-state index contributed by atoms with van der Waals surface area (Å²) >= 11 is 0. The maximum Gasteiger partial charge on any atom is 0.00489 e. The lowest BCUT2D eigenvalue weighted by Crippen LogP contribution is -1.60. The first-order chi connectivity index (χ1) is 2.89. The highest BCUT2D eigenvalue weighted by atomic mass is 15.1. The van der Waals surface area contributed by atoms with Crippen molar-refractivity contribution in [1.82, 2.24) is 10.2 Å². The lowest BCUT2D eigenvalue weighted by molar-refractivity contribution is 1.06. The van der Waals surface area contributed by atoms with Crippen LogP contribution in [0.5, 0.6) is 0 Å². The fraction of sp³-hybridized carbons (Fsp3) is 0.250. The summed E-state index contributed by atoms with van der Waals surface area (Å²) in [6.07, 6.45) is 3.44. The first kappa shape index (κ1) is 3.40. The van der Waals surface area contributed by atoms with Gasteiger partial charge in [-0.2, -0.15) is 6.20 Å². The Hall–Kier alpha value is -0.790. The Morgan fingerprint density at radius 2 is 2.67 bits per heavy atom. The Balaban J connectivity index is 3.05. The van der Waals surface area contributed by atoms with Crippen LogP contribution in [0.15, 0.2) is 12.4 Å². The molecule has 0 unspecified atom stereocenters. The van der Waals surface area contributed by atoms with Gasteiger partial charge in [0, 0.05) is 6.20 Å². The van der Waals surface area contributed by atoms with E-state index < -0.39 is 0 Å². The lowest BCUT2D eigenvalue weighted by Gasteiger charge is -1.74. The van der Waals surface area contributed by atoms with Gasteiger partial charge < -0.3 is 10.2 Å². The second-order valence-corrected chi connectivity index (χ2v) is 1.23. The predicted octanol–water partition coefficient (Wildman–Crippen LogP) is 0.347. The van der Waals surface area contributed by atoms with Crippen LogP contribution in [0.3, 0.4) is 0 Å². The van der Waals surface area contributed by atoms with Crippen LogP contribution in [-0.4, -0.2) is 5.10 Å². The van der Waals surface area contributed by atoms with Gasteiger partial charge in [0.25, 0.3) is 0 Å². The molecule has 0 atom stereocenters. The zero-order chi connectivity index (χ0) is 4.41. The Morgan fingerprint density at radius 3 is 2.83 bits per heavy atom. The van der Waals surface area contributed by atoms with Crippen LogP contribution in [0.25, 0.3) is 0 Å². The van der Waals surface area contributed by atoms with Crippen LogP contribution in [0.4, 0.5) is 0 Å². The molecule has 0 saturated carbocycles. The van der Waals surface area contributed by atoms with Crippen molar-refractivity contribution in [2.45, 2.75) is 6.92 Å². The second kappa shape index (κ2) is 1.12. The molecule has 2 heteroatoms. The van der Waals surface area contributed by atoms with Crippen LogP contribution in [0.1, 0.15) is 5.56 Å². The highest BCUT2D eigenvalue weighted by Gasteiger charge is 1.65. The molecule has 0 aliphatic rings. The van der Waals surface area contributed by atoms with Crippen LogP contribution >= 0.6 is 0 Å². The van der Waals surface area contributed by atoms with Crippen molar-refractivity contribution in [1.29, 1.82) is 0 Å². The Morgan fingerprint density at radius 1 is 1.83 bits per heavy atom. The second-order valence-electron chi connectivity index (χ2n) is 1.23. The molecule has 0 fully saturated rings. The summed E-state index contributed by atoms with van der Waals surface area (Å²) in [4.78, 5) is 0. The van der Waals surface area contributed by atoms with Crippen LogP contribution < -0.4 is 5.10 Å². The van der Waals surface area contributed by atoms with E-state index in [-0.39, 0.29) is 0 Å². The summed E-state index contributed by atoms with van der Waals surface area (Å²) in [6.45, 7) is 1.96. The third-order valence-electron chi connectivity index (χ3n) is 0.589. The molecule has 0 N–H and O–H groups in total. The minimum absolute atomic E-state index is 1.12. The summed E-state index contributed by atoms with van der Waals surface area (Å²) in [5, 5.41) is 7.14. The number of nitrogens with zero attached hydrogens (tertiary/aromatic N) is 2. The van der Waals surface area contributed by atoms with Crippen molar-refractivity contribution < 1.29 is 0 Å². The molecule has 1 aromatic heterocycles. The number of aryl methyl sites for hydroxylation is 1. The average molecular weight is 81.1 g/mol. The minimum Gasteiger partial charge on any atom is -0.582 e. The SMILES string of the molecule is Cc1cn[n-]c1. The quantitative estimate of drug-likeness (QED) is 0.450. The maximum absolute atomic E-state index is 3.57. The first-order valence-corrected chi connectivity index (χ1v) is 1.79. The predicted molar refractivity (Wildman–Crippen MR) is 22.3 cm³/mol. The maximum atomic E-state index is 3.57. The summed E-state index contributed by atoms with van der Waals surface area (Å²) in [6, 6.07) is 0. The van der Waals surface area contributed by atoms with Crippen LogP contribution in [0, 0.1) is 6.92 Å². The van der Waals surface area contributed by atoms with Gasteiger partial charge in [0.2, 0.25) is 0 Å². The minimum atomic E-state index is 1.12. The molecule has 1 rings (SSSR count). The Labute approximate surface area is 36.2 Å². The molecule has 0 saturated heterocycles. The molecular formula is C4H5N2-. The largest absolute Gasteiger partial charge is 0.582 e. The number of hydrogen-bond donors (Lipinski definition) is 0. The molecule has 0 bridgehead atoms. The van der Waals surface area contributed by atoms with Crippen molar-refractivity contribution in [3.05, 3.63) is 18.0 Å². The van der Waals surface area contributed by atoms with E-state index in [9.17, 15) is 0 Å². The van der Waals surface area contributed by atoms with Gasteiger partial charge in [-0.3, -0.25) is 0 Å². The molecule has 0 aromatic carbocycles. The third kappa shape index (κ3) is 0.407. The number of aromatic nitrogens is 2. The molecule has 0 aliphatic heterocycles. The summed E-state index contributed by atoms with van der Waals surface area (Å²) in [7, 11) is 0. The summed E-state index contributed by atoms with van der Waals surface area (Å²) in [5.41, 5.74) is 1.12. The van der Waals surface area contributed by atoms with Gasteiger partial charge in [0.05, 0.1) is 0 Å². The molecule has 1 heterocycles. The smallest absolute Gasteiger partial charge is 0.00489 e. The summed E-state index contributed by atoms with van der Waals surface area (Å²) < 4.78 is 0. The average Bonchev–Trinajstić information content (AvgIpc) is 1.86. The van der Waals surface area contributed by atoms with Crippen LogP contribution in [-0.2, 0) is 0 Å². The number of rotatable bonds is 0. The molecule has 0 amide bonds. The van der Waals surface area contributed by atoms with E-state index in [1.165, 1.54) is 0 Å². The van der Waals surface area contributed by atoms with Crippen molar-refractivity contribution >= 4 is 0 Å². The molecule has 0 radical (unpaired) electrons. The monoisotopic (exact) mass is 81.0 g/mol. The van der Waals surface area contributed by atoms with E-state index in [0.29, 0.717) is 0 Å². The molecule has 2 nitrogen and oxygen atoms in total. The van der Waals surface area contributed by atoms with E-state index in [1.807, 2.05) is 6.92 Å². The number of hydrogen-bond acceptors (Lipinski definition) is 1. The summed E-state index contributed by atoms with van der Waals surface area (Å²) in [5.74, 6) is 0. The zero-order valence-electron chi connectivity index (χ0n) is 3.55. The highest BCUT2D eigenvalue weighted by molar-refractivity contribution is 4.96. The van der Waals surface area contributed by atoms with Gasteiger partial charge in [-0.05, 0) is 6.92 Å². The fourth-order valence-corrected chi connectivity index (χ4v) is 0.282. The van der Waals surface area contributed by atoms with Crippen molar-refractivity contribution in [2.24, 2.45) is 0 Å². The standard InChI is InChI=1S/C4H5N2/c1-4-2-5-6-3-4/h2-3H,1H3/q-1. The van der Waals surface area contributed by atoms with E-state index in [4.69, 9.17) is 0 Å². The Bertz CT molecular complexity index is 109. The van der Waals surface area contributed by atoms with E-state index >= 15 is 0 Å². The normalized spacial score (nSPS) is 8.83. The Kier molecular flexibility index (Phi) is 0.638.